The molecule has 0 N–H and O–H groups in total. The summed E-state index contributed by atoms with van der Waals surface area (Å²) in [5, 5.41) is 1.44. The number of ether oxygens (including phenoxy) is 1. The molecule has 7 heteroatoms. The first kappa shape index (κ1) is 16.5. The van der Waals surface area contributed by atoms with Crippen molar-refractivity contribution in [3.63, 3.8) is 0 Å². The molecular formula is C12H17ClO4S2. The molecule has 0 aromatic carbocycles. The van der Waals surface area contributed by atoms with Crippen LogP contribution in [0.4, 0.5) is 0 Å². The lowest BCUT2D eigenvalue weighted by molar-refractivity contribution is 0.0498. The molecule has 0 unspecified atom stereocenters. The number of hydrogen-bond donors (Lipinski definition) is 0. The molecule has 0 saturated heterocycles. The highest BCUT2D eigenvalue weighted by atomic mass is 35.7. The van der Waals surface area contributed by atoms with Crippen LogP contribution in [0.5, 0.6) is 0 Å². The maximum Gasteiger partial charge on any atom is 0.339 e. The Morgan fingerprint density at radius 3 is 2.58 bits per heavy atom. The maximum absolute atomic E-state index is 11.6. The summed E-state index contributed by atoms with van der Waals surface area (Å²) >= 11 is 0.914. The molecule has 0 aliphatic carbocycles. The smallest absolute Gasteiger partial charge is 0.339 e. The summed E-state index contributed by atoms with van der Waals surface area (Å²) in [6, 6.07) is 1.24. The minimum atomic E-state index is -3.77. The second-order valence-electron chi connectivity index (χ2n) is 4.14. The fourth-order valence-corrected chi connectivity index (χ4v) is 3.44. The molecular weight excluding hydrogens is 308 g/mol. The van der Waals surface area contributed by atoms with Gasteiger partial charge >= 0.3 is 5.97 Å². The van der Waals surface area contributed by atoms with Crippen LogP contribution in [-0.2, 0) is 13.8 Å². The van der Waals surface area contributed by atoms with Gasteiger partial charge in [-0.3, -0.25) is 0 Å². The second-order valence-corrected chi connectivity index (χ2v) is 7.85. The van der Waals surface area contributed by atoms with Gasteiger partial charge in [0.25, 0.3) is 9.05 Å². The largest absolute Gasteiger partial charge is 0.462 e. The average molecular weight is 325 g/mol. The highest BCUT2D eigenvalue weighted by Crippen LogP contribution is 2.24. The fraction of sp³-hybridized carbons (Fsp3) is 0.583. The monoisotopic (exact) mass is 324 g/mol. The van der Waals surface area contributed by atoms with Crippen LogP contribution in [0, 0.1) is 0 Å². The first-order valence-corrected chi connectivity index (χ1v) is 9.34. The number of rotatable bonds is 8. The van der Waals surface area contributed by atoms with E-state index in [1.54, 1.807) is 0 Å². The van der Waals surface area contributed by atoms with E-state index in [1.165, 1.54) is 24.3 Å². The van der Waals surface area contributed by atoms with E-state index in [2.05, 4.69) is 6.92 Å². The van der Waals surface area contributed by atoms with E-state index in [0.29, 0.717) is 6.61 Å². The maximum atomic E-state index is 11.6. The van der Waals surface area contributed by atoms with Crippen LogP contribution in [0.15, 0.2) is 15.7 Å². The van der Waals surface area contributed by atoms with E-state index in [9.17, 15) is 13.2 Å². The van der Waals surface area contributed by atoms with Crippen molar-refractivity contribution in [2.45, 2.75) is 43.2 Å². The summed E-state index contributed by atoms with van der Waals surface area (Å²) in [6.07, 6.45) is 5.36. The van der Waals surface area contributed by atoms with E-state index in [-0.39, 0.29) is 9.77 Å². The third-order valence-corrected chi connectivity index (χ3v) is 5.57. The summed E-state index contributed by atoms with van der Waals surface area (Å²) in [7, 11) is 1.41. The average Bonchev–Trinajstić information content (AvgIpc) is 2.82. The summed E-state index contributed by atoms with van der Waals surface area (Å²) < 4.78 is 27.1. The van der Waals surface area contributed by atoms with E-state index in [4.69, 9.17) is 15.4 Å². The minimum absolute atomic E-state index is 0.0379. The highest BCUT2D eigenvalue weighted by Gasteiger charge is 2.17. The normalized spacial score (nSPS) is 11.5. The Morgan fingerprint density at radius 1 is 1.32 bits per heavy atom. The van der Waals surface area contributed by atoms with Crippen molar-refractivity contribution in [1.82, 2.24) is 0 Å². The van der Waals surface area contributed by atoms with Crippen molar-refractivity contribution >= 4 is 37.0 Å². The standard InChI is InChI=1S/C12H17ClO4S2/c1-2-3-4-5-6-7-17-12(14)10-8-11(18-9-10)19(13,15)16/h8-9H,2-7H2,1H3. The Labute approximate surface area is 122 Å². The van der Waals surface area contributed by atoms with Gasteiger partial charge in [0.2, 0.25) is 0 Å². The van der Waals surface area contributed by atoms with Gasteiger partial charge in [0.15, 0.2) is 0 Å². The van der Waals surface area contributed by atoms with Crippen LogP contribution in [0.3, 0.4) is 0 Å². The first-order valence-electron chi connectivity index (χ1n) is 6.15. The summed E-state index contributed by atoms with van der Waals surface area (Å²) in [4.78, 5) is 11.6. The molecule has 0 saturated carbocycles. The van der Waals surface area contributed by atoms with E-state index < -0.39 is 15.0 Å². The van der Waals surface area contributed by atoms with Gasteiger partial charge in [0.1, 0.15) is 4.21 Å². The Morgan fingerprint density at radius 2 is 2.00 bits per heavy atom. The van der Waals surface area contributed by atoms with E-state index in [1.807, 2.05) is 0 Å². The van der Waals surface area contributed by atoms with Crippen molar-refractivity contribution in [2.75, 3.05) is 6.61 Å². The van der Waals surface area contributed by atoms with Crippen LogP contribution >= 0.6 is 22.0 Å². The molecule has 1 rings (SSSR count). The van der Waals surface area contributed by atoms with Crippen LogP contribution in [0.2, 0.25) is 0 Å². The van der Waals surface area contributed by atoms with Crippen molar-refractivity contribution in [3.8, 4) is 0 Å². The molecule has 0 aliphatic heterocycles. The quantitative estimate of drug-likeness (QED) is 0.414. The number of unbranched alkanes of at least 4 members (excludes halogenated alkanes) is 4. The lowest BCUT2D eigenvalue weighted by atomic mass is 10.2. The Bertz CT molecular complexity index is 508. The molecule has 0 bridgehead atoms. The molecule has 1 heterocycles. The van der Waals surface area contributed by atoms with Crippen molar-refractivity contribution in [3.05, 3.63) is 17.0 Å². The zero-order valence-corrected chi connectivity index (χ0v) is 13.1. The van der Waals surface area contributed by atoms with Gasteiger partial charge in [-0.1, -0.05) is 32.6 Å². The highest BCUT2D eigenvalue weighted by molar-refractivity contribution is 8.15. The molecule has 19 heavy (non-hydrogen) atoms. The topological polar surface area (TPSA) is 60.4 Å². The van der Waals surface area contributed by atoms with Gasteiger partial charge in [-0.2, -0.15) is 0 Å². The van der Waals surface area contributed by atoms with Crippen molar-refractivity contribution in [2.24, 2.45) is 0 Å². The van der Waals surface area contributed by atoms with Gasteiger partial charge in [0, 0.05) is 16.1 Å². The fourth-order valence-electron chi connectivity index (χ4n) is 1.51. The Balaban J connectivity index is 2.36. The zero-order valence-electron chi connectivity index (χ0n) is 10.7. The molecule has 108 valence electrons. The number of thiophene rings is 1. The van der Waals surface area contributed by atoms with Gasteiger partial charge in [-0.15, -0.1) is 11.3 Å². The molecule has 0 spiro atoms. The predicted molar refractivity (Wildman–Crippen MR) is 76.4 cm³/mol. The minimum Gasteiger partial charge on any atom is -0.462 e. The van der Waals surface area contributed by atoms with Gasteiger partial charge in [-0.25, -0.2) is 13.2 Å². The van der Waals surface area contributed by atoms with Crippen molar-refractivity contribution < 1.29 is 17.9 Å². The number of carbonyl (C=O) groups excluding carboxylic acids is 1. The third kappa shape index (κ3) is 5.93. The summed E-state index contributed by atoms with van der Waals surface area (Å²) in [5.41, 5.74) is 0.234. The zero-order chi connectivity index (χ0) is 14.3. The summed E-state index contributed by atoms with van der Waals surface area (Å²) in [6.45, 7) is 2.50. The predicted octanol–water partition coefficient (Wildman–Crippen LogP) is 3.80. The lowest BCUT2D eigenvalue weighted by Crippen LogP contribution is -2.05. The van der Waals surface area contributed by atoms with Crippen LogP contribution < -0.4 is 0 Å². The van der Waals surface area contributed by atoms with Gasteiger partial charge < -0.3 is 4.74 Å². The van der Waals surface area contributed by atoms with Crippen molar-refractivity contribution in [1.29, 1.82) is 0 Å². The molecule has 1 aromatic rings. The molecule has 0 amide bonds. The summed E-state index contributed by atoms with van der Waals surface area (Å²) in [5.74, 6) is -0.502. The third-order valence-electron chi connectivity index (χ3n) is 2.53. The molecule has 1 aromatic heterocycles. The number of halogens is 1. The van der Waals surface area contributed by atoms with Crippen LogP contribution in [0.25, 0.3) is 0 Å². The number of carbonyl (C=O) groups is 1. The molecule has 4 nitrogen and oxygen atoms in total. The molecule has 0 aliphatic rings. The molecule has 0 fully saturated rings. The SMILES string of the molecule is CCCCCCCOC(=O)c1csc(S(=O)(=O)Cl)c1. The number of esters is 1. The van der Waals surface area contributed by atoms with Gasteiger partial charge in [-0.05, 0) is 12.5 Å². The van der Waals surface area contributed by atoms with E-state index >= 15 is 0 Å². The molecule has 0 radical (unpaired) electrons. The first-order chi connectivity index (χ1) is 8.95. The van der Waals surface area contributed by atoms with Crippen LogP contribution in [-0.4, -0.2) is 21.0 Å². The Hall–Kier alpha value is -0.590. The lowest BCUT2D eigenvalue weighted by Gasteiger charge is -2.02. The molecule has 0 atom stereocenters. The van der Waals surface area contributed by atoms with E-state index in [0.717, 1.165) is 30.6 Å². The number of hydrogen-bond acceptors (Lipinski definition) is 5. The van der Waals surface area contributed by atoms with Gasteiger partial charge in [0.05, 0.1) is 12.2 Å². The Kier molecular flexibility index (Phi) is 6.82. The second kappa shape index (κ2) is 7.87. The van der Waals surface area contributed by atoms with Crippen LogP contribution in [0.1, 0.15) is 49.4 Å².